The molecular weight excluding hydrogens is 386 g/mol. The van der Waals surface area contributed by atoms with Crippen LogP contribution in [-0.4, -0.2) is 60.7 Å². The Hall–Kier alpha value is -1.96. The minimum absolute atomic E-state index is 0.0240. The van der Waals surface area contributed by atoms with Gasteiger partial charge in [-0.1, -0.05) is 37.3 Å². The lowest BCUT2D eigenvalue weighted by Gasteiger charge is -2.33. The summed E-state index contributed by atoms with van der Waals surface area (Å²) in [4.78, 5) is 14.9. The minimum Gasteiger partial charge on any atom is -0.348 e. The van der Waals surface area contributed by atoms with Crippen molar-refractivity contribution in [2.45, 2.75) is 39.5 Å². The van der Waals surface area contributed by atoms with E-state index in [-0.39, 0.29) is 11.5 Å². The lowest BCUT2D eigenvalue weighted by Crippen LogP contribution is -2.50. The molecule has 2 aromatic rings. The number of piperazine rings is 1. The summed E-state index contributed by atoms with van der Waals surface area (Å²) >= 11 is 0. The van der Waals surface area contributed by atoms with Crippen LogP contribution >= 0.6 is 0 Å². The van der Waals surface area contributed by atoms with Crippen molar-refractivity contribution >= 4 is 15.8 Å². The first-order valence-electron chi connectivity index (χ1n) is 10.3. The van der Waals surface area contributed by atoms with E-state index in [1.807, 2.05) is 50.2 Å². The van der Waals surface area contributed by atoms with Gasteiger partial charge in [0.2, 0.25) is 10.0 Å². The number of rotatable bonds is 8. The normalized spacial score (nSPS) is 16.2. The van der Waals surface area contributed by atoms with Crippen LogP contribution in [0.1, 0.15) is 40.7 Å². The van der Waals surface area contributed by atoms with Crippen LogP contribution in [0.15, 0.2) is 36.4 Å². The molecule has 1 aromatic heterocycles. The van der Waals surface area contributed by atoms with Crippen LogP contribution in [0.2, 0.25) is 0 Å². The first-order chi connectivity index (χ1) is 13.8. The van der Waals surface area contributed by atoms with Crippen molar-refractivity contribution in [2.24, 2.45) is 0 Å². The zero-order valence-corrected chi connectivity index (χ0v) is 18.4. The summed E-state index contributed by atoms with van der Waals surface area (Å²) in [6.07, 6.45) is 1.03. The number of aryl methyl sites for hydroxylation is 1. The zero-order chi connectivity index (χ0) is 21.0. The number of sulfonamides is 1. The molecule has 0 saturated carbocycles. The Balaban J connectivity index is 1.57. The maximum absolute atomic E-state index is 12.8. The fourth-order valence-corrected chi connectivity index (χ4v) is 5.50. The van der Waals surface area contributed by atoms with Gasteiger partial charge in [-0.15, -0.1) is 0 Å². The van der Waals surface area contributed by atoms with Crippen LogP contribution in [0.3, 0.4) is 0 Å². The molecule has 0 N–H and O–H groups in total. The third-order valence-corrected chi connectivity index (χ3v) is 7.46. The van der Waals surface area contributed by atoms with E-state index >= 15 is 0 Å². The van der Waals surface area contributed by atoms with Crippen molar-refractivity contribution in [3.05, 3.63) is 58.9 Å². The first-order valence-corrected chi connectivity index (χ1v) is 11.9. The molecule has 0 amide bonds. The SMILES string of the molecule is CCCn1c(C)cc(C(=O)CN2CCN(S(=O)(=O)Cc3ccccc3)CC2)c1C. The van der Waals surface area contributed by atoms with Crippen LogP contribution in [0.5, 0.6) is 0 Å². The molecular formula is C22H31N3O3S. The van der Waals surface area contributed by atoms with Crippen LogP contribution in [0.4, 0.5) is 0 Å². The van der Waals surface area contributed by atoms with E-state index in [1.165, 1.54) is 0 Å². The van der Waals surface area contributed by atoms with Gasteiger partial charge in [-0.25, -0.2) is 8.42 Å². The summed E-state index contributed by atoms with van der Waals surface area (Å²) in [5.41, 5.74) is 3.73. The third kappa shape index (κ3) is 5.15. The molecule has 2 heterocycles. The lowest BCUT2D eigenvalue weighted by molar-refractivity contribution is 0.0901. The van der Waals surface area contributed by atoms with Gasteiger partial charge in [0.25, 0.3) is 0 Å². The predicted octanol–water partition coefficient (Wildman–Crippen LogP) is 2.85. The van der Waals surface area contributed by atoms with Crippen molar-refractivity contribution in [1.82, 2.24) is 13.8 Å². The molecule has 0 aliphatic carbocycles. The molecule has 0 spiro atoms. The van der Waals surface area contributed by atoms with Crippen LogP contribution in [0.25, 0.3) is 0 Å². The molecule has 1 fully saturated rings. The lowest BCUT2D eigenvalue weighted by atomic mass is 10.1. The van der Waals surface area contributed by atoms with E-state index in [0.29, 0.717) is 32.7 Å². The molecule has 7 heteroatoms. The van der Waals surface area contributed by atoms with Gasteiger partial charge in [-0.05, 0) is 31.9 Å². The van der Waals surface area contributed by atoms with E-state index in [9.17, 15) is 13.2 Å². The van der Waals surface area contributed by atoms with Gasteiger partial charge in [0, 0.05) is 49.7 Å². The molecule has 1 saturated heterocycles. The third-order valence-electron chi connectivity index (χ3n) is 5.61. The van der Waals surface area contributed by atoms with Crippen LogP contribution < -0.4 is 0 Å². The van der Waals surface area contributed by atoms with Crippen molar-refractivity contribution in [3.8, 4) is 0 Å². The highest BCUT2D eigenvalue weighted by Crippen LogP contribution is 2.18. The van der Waals surface area contributed by atoms with Crippen LogP contribution in [0, 0.1) is 13.8 Å². The highest BCUT2D eigenvalue weighted by Gasteiger charge is 2.28. The molecule has 1 aliphatic heterocycles. The van der Waals surface area contributed by atoms with E-state index < -0.39 is 10.0 Å². The molecule has 158 valence electrons. The first kappa shape index (κ1) is 21.7. The Kier molecular flexibility index (Phi) is 6.93. The molecule has 29 heavy (non-hydrogen) atoms. The monoisotopic (exact) mass is 417 g/mol. The van der Waals surface area contributed by atoms with Crippen LogP contribution in [-0.2, 0) is 22.3 Å². The van der Waals surface area contributed by atoms with Gasteiger partial charge in [-0.3, -0.25) is 9.69 Å². The number of benzene rings is 1. The second-order valence-electron chi connectivity index (χ2n) is 7.78. The summed E-state index contributed by atoms with van der Waals surface area (Å²) < 4.78 is 29.1. The Morgan fingerprint density at radius 2 is 1.69 bits per heavy atom. The Bertz CT molecular complexity index is 943. The molecule has 0 atom stereocenters. The minimum atomic E-state index is -3.34. The Labute approximate surface area is 174 Å². The number of Topliss-reactive ketones (excluding diaryl/α,β-unsaturated/α-hetero) is 1. The van der Waals surface area contributed by atoms with Gasteiger partial charge in [0.15, 0.2) is 5.78 Å². The number of nitrogens with zero attached hydrogens (tertiary/aromatic N) is 3. The highest BCUT2D eigenvalue weighted by atomic mass is 32.2. The molecule has 0 bridgehead atoms. The highest BCUT2D eigenvalue weighted by molar-refractivity contribution is 7.88. The van der Waals surface area contributed by atoms with Crippen molar-refractivity contribution in [3.63, 3.8) is 0 Å². The van der Waals surface area contributed by atoms with E-state index in [0.717, 1.165) is 35.5 Å². The Morgan fingerprint density at radius 1 is 1.03 bits per heavy atom. The maximum Gasteiger partial charge on any atom is 0.218 e. The molecule has 0 unspecified atom stereocenters. The second-order valence-corrected chi connectivity index (χ2v) is 9.75. The van der Waals surface area contributed by atoms with Gasteiger partial charge < -0.3 is 4.57 Å². The number of carbonyl (C=O) groups is 1. The van der Waals surface area contributed by atoms with Crippen molar-refractivity contribution < 1.29 is 13.2 Å². The molecule has 6 nitrogen and oxygen atoms in total. The predicted molar refractivity (Wildman–Crippen MR) is 116 cm³/mol. The van der Waals surface area contributed by atoms with Gasteiger partial charge >= 0.3 is 0 Å². The smallest absolute Gasteiger partial charge is 0.218 e. The quantitative estimate of drug-likeness (QED) is 0.620. The number of ketones is 1. The number of carbonyl (C=O) groups excluding carboxylic acids is 1. The Morgan fingerprint density at radius 3 is 2.31 bits per heavy atom. The maximum atomic E-state index is 12.8. The van der Waals surface area contributed by atoms with Gasteiger partial charge in [-0.2, -0.15) is 4.31 Å². The average Bonchev–Trinajstić information content (AvgIpc) is 2.97. The molecule has 1 aliphatic rings. The number of aromatic nitrogens is 1. The fraction of sp³-hybridized carbons (Fsp3) is 0.500. The zero-order valence-electron chi connectivity index (χ0n) is 17.6. The van der Waals surface area contributed by atoms with Gasteiger partial charge in [0.05, 0.1) is 12.3 Å². The summed E-state index contributed by atoms with van der Waals surface area (Å²) in [5.74, 6) is 0.136. The average molecular weight is 418 g/mol. The molecule has 1 aromatic carbocycles. The summed E-state index contributed by atoms with van der Waals surface area (Å²) in [5, 5.41) is 0. The molecule has 0 radical (unpaired) electrons. The van der Waals surface area contributed by atoms with Gasteiger partial charge in [0.1, 0.15) is 0 Å². The summed E-state index contributed by atoms with van der Waals surface area (Å²) in [6.45, 7) is 9.44. The largest absolute Gasteiger partial charge is 0.348 e. The molecule has 3 rings (SSSR count). The van der Waals surface area contributed by atoms with Crippen molar-refractivity contribution in [2.75, 3.05) is 32.7 Å². The number of hydrogen-bond acceptors (Lipinski definition) is 4. The van der Waals surface area contributed by atoms with E-state index in [4.69, 9.17) is 0 Å². The van der Waals surface area contributed by atoms with E-state index in [2.05, 4.69) is 16.4 Å². The standard InChI is InChI=1S/C22H31N3O3S/c1-4-10-25-18(2)15-21(19(25)3)22(26)16-23-11-13-24(14-12-23)29(27,28)17-20-8-6-5-7-9-20/h5-9,15H,4,10-14,16-17H2,1-3H3. The number of hydrogen-bond donors (Lipinski definition) is 0. The van der Waals surface area contributed by atoms with E-state index in [1.54, 1.807) is 4.31 Å². The fourth-order valence-electron chi connectivity index (χ4n) is 3.98. The second kappa shape index (κ2) is 9.24. The summed E-state index contributed by atoms with van der Waals surface area (Å²) in [7, 11) is -3.34. The summed E-state index contributed by atoms with van der Waals surface area (Å²) in [6, 6.07) is 11.2. The van der Waals surface area contributed by atoms with Crippen molar-refractivity contribution in [1.29, 1.82) is 0 Å². The topological polar surface area (TPSA) is 62.6 Å².